The fourth-order valence-corrected chi connectivity index (χ4v) is 1.79. The number of rotatable bonds is 3. The third-order valence-electron chi connectivity index (χ3n) is 3.16. The first-order valence-corrected chi connectivity index (χ1v) is 5.14. The smallest absolute Gasteiger partial charge is 0.108 e. The predicted octanol–water partition coefficient (Wildman–Crippen LogP) is 1.98. The molecule has 1 N–H and O–H groups in total. The molecule has 3 heteroatoms. The summed E-state index contributed by atoms with van der Waals surface area (Å²) in [5.74, 6) is 1.13. The van der Waals surface area contributed by atoms with E-state index in [9.17, 15) is 5.11 Å². The van der Waals surface area contributed by atoms with Gasteiger partial charge in [0, 0.05) is 7.05 Å². The van der Waals surface area contributed by atoms with E-state index in [0.717, 1.165) is 11.5 Å². The Hall–Kier alpha value is -0.830. The Morgan fingerprint density at radius 3 is 2.43 bits per heavy atom. The lowest BCUT2D eigenvalue weighted by Crippen LogP contribution is -2.33. The molecule has 3 nitrogen and oxygen atoms in total. The first-order chi connectivity index (χ1) is 6.43. The van der Waals surface area contributed by atoms with E-state index in [1.807, 2.05) is 39.3 Å². The molecular weight excluding hydrogens is 176 g/mol. The molecule has 0 aromatic carbocycles. The zero-order valence-corrected chi connectivity index (χ0v) is 9.70. The van der Waals surface area contributed by atoms with E-state index in [4.69, 9.17) is 0 Å². The highest BCUT2D eigenvalue weighted by Crippen LogP contribution is 2.32. The lowest BCUT2D eigenvalue weighted by molar-refractivity contribution is -0.0206. The summed E-state index contributed by atoms with van der Waals surface area (Å²) >= 11 is 0. The van der Waals surface area contributed by atoms with Crippen molar-refractivity contribution in [3.63, 3.8) is 0 Å². The second-order valence-corrected chi connectivity index (χ2v) is 4.18. The maximum atomic E-state index is 10.5. The van der Waals surface area contributed by atoms with Gasteiger partial charge in [-0.05, 0) is 19.3 Å². The third kappa shape index (κ3) is 1.57. The van der Waals surface area contributed by atoms with Crippen LogP contribution in [0, 0.1) is 12.8 Å². The summed E-state index contributed by atoms with van der Waals surface area (Å²) < 4.78 is 1.96. The molecular formula is C11H20N2O. The molecule has 0 aliphatic heterocycles. The van der Waals surface area contributed by atoms with Gasteiger partial charge in [0.2, 0.25) is 0 Å². The van der Waals surface area contributed by atoms with E-state index in [2.05, 4.69) is 4.98 Å². The highest BCUT2D eigenvalue weighted by molar-refractivity contribution is 5.14. The van der Waals surface area contributed by atoms with Gasteiger partial charge in [0.05, 0.1) is 11.9 Å². The number of hydrogen-bond acceptors (Lipinski definition) is 2. The average Bonchev–Trinajstić information content (AvgIpc) is 2.46. The van der Waals surface area contributed by atoms with Crippen LogP contribution in [0.1, 0.15) is 38.7 Å². The van der Waals surface area contributed by atoms with Crippen LogP contribution in [0.4, 0.5) is 0 Å². The van der Waals surface area contributed by atoms with Crippen molar-refractivity contribution in [1.82, 2.24) is 9.55 Å². The monoisotopic (exact) mass is 196 g/mol. The normalized spacial score (nSPS) is 15.9. The molecule has 0 bridgehead atoms. The van der Waals surface area contributed by atoms with Crippen molar-refractivity contribution in [2.75, 3.05) is 0 Å². The number of aliphatic hydroxyl groups is 1. The molecule has 0 aliphatic rings. The number of hydrogen-bond donors (Lipinski definition) is 1. The quantitative estimate of drug-likeness (QED) is 0.802. The van der Waals surface area contributed by atoms with Crippen molar-refractivity contribution >= 4 is 0 Å². The van der Waals surface area contributed by atoms with Crippen molar-refractivity contribution < 1.29 is 5.11 Å². The molecule has 0 saturated carbocycles. The highest BCUT2D eigenvalue weighted by atomic mass is 16.3. The lowest BCUT2D eigenvalue weighted by Gasteiger charge is -2.31. The Morgan fingerprint density at radius 1 is 1.57 bits per heavy atom. The lowest BCUT2D eigenvalue weighted by atomic mass is 9.85. The van der Waals surface area contributed by atoms with Crippen LogP contribution in [-0.4, -0.2) is 14.7 Å². The Morgan fingerprint density at radius 2 is 2.14 bits per heavy atom. The van der Waals surface area contributed by atoms with E-state index in [0.29, 0.717) is 6.42 Å². The Bertz CT molecular complexity index is 317. The SMILES string of the molecule is CCC(O)(c1cnc(C)n1C)C(C)C. The molecule has 0 radical (unpaired) electrons. The Balaban J connectivity index is 3.19. The van der Waals surface area contributed by atoms with Crippen molar-refractivity contribution in [2.24, 2.45) is 13.0 Å². The molecule has 0 aliphatic carbocycles. The summed E-state index contributed by atoms with van der Waals surface area (Å²) in [5, 5.41) is 10.5. The summed E-state index contributed by atoms with van der Waals surface area (Å²) in [4.78, 5) is 4.22. The number of nitrogens with zero attached hydrogens (tertiary/aromatic N) is 2. The summed E-state index contributed by atoms with van der Waals surface area (Å²) in [6.45, 7) is 8.01. The topological polar surface area (TPSA) is 38.1 Å². The number of aromatic nitrogens is 2. The maximum absolute atomic E-state index is 10.5. The molecule has 80 valence electrons. The Labute approximate surface area is 85.8 Å². The first kappa shape index (κ1) is 11.2. The molecule has 0 saturated heterocycles. The molecule has 1 unspecified atom stereocenters. The molecule has 1 aromatic rings. The number of imidazole rings is 1. The van der Waals surface area contributed by atoms with Gasteiger partial charge in [0.25, 0.3) is 0 Å². The van der Waals surface area contributed by atoms with Gasteiger partial charge < -0.3 is 9.67 Å². The summed E-state index contributed by atoms with van der Waals surface area (Å²) in [5.41, 5.74) is 0.156. The van der Waals surface area contributed by atoms with Crippen LogP contribution in [0.2, 0.25) is 0 Å². The van der Waals surface area contributed by atoms with E-state index in [1.54, 1.807) is 6.20 Å². The van der Waals surface area contributed by atoms with Crippen molar-refractivity contribution in [3.8, 4) is 0 Å². The van der Waals surface area contributed by atoms with Crippen LogP contribution in [-0.2, 0) is 12.6 Å². The standard InChI is InChI=1S/C11H20N2O/c1-6-11(14,8(2)3)10-7-12-9(4)13(10)5/h7-8,14H,6H2,1-5H3. The predicted molar refractivity (Wildman–Crippen MR) is 57.0 cm³/mol. The first-order valence-electron chi connectivity index (χ1n) is 5.14. The minimum absolute atomic E-state index is 0.197. The molecule has 0 fully saturated rings. The average molecular weight is 196 g/mol. The van der Waals surface area contributed by atoms with Gasteiger partial charge in [-0.1, -0.05) is 20.8 Å². The van der Waals surface area contributed by atoms with Crippen LogP contribution in [0.3, 0.4) is 0 Å². The minimum atomic E-state index is -0.754. The third-order valence-corrected chi connectivity index (χ3v) is 3.16. The van der Waals surface area contributed by atoms with Crippen LogP contribution in [0.15, 0.2) is 6.20 Å². The number of aryl methyl sites for hydroxylation is 1. The fourth-order valence-electron chi connectivity index (χ4n) is 1.79. The molecule has 1 atom stereocenters. The summed E-state index contributed by atoms with van der Waals surface area (Å²) in [6, 6.07) is 0. The van der Waals surface area contributed by atoms with Gasteiger partial charge >= 0.3 is 0 Å². The van der Waals surface area contributed by atoms with E-state index in [1.165, 1.54) is 0 Å². The summed E-state index contributed by atoms with van der Waals surface area (Å²) in [7, 11) is 1.95. The second-order valence-electron chi connectivity index (χ2n) is 4.18. The van der Waals surface area contributed by atoms with Gasteiger partial charge in [-0.3, -0.25) is 0 Å². The molecule has 0 spiro atoms. The van der Waals surface area contributed by atoms with Crippen LogP contribution in [0.5, 0.6) is 0 Å². The van der Waals surface area contributed by atoms with Crippen LogP contribution in [0.25, 0.3) is 0 Å². The summed E-state index contributed by atoms with van der Waals surface area (Å²) in [6.07, 6.45) is 2.49. The Kier molecular flexibility index (Phi) is 3.00. The van der Waals surface area contributed by atoms with Gasteiger partial charge in [-0.25, -0.2) is 4.98 Å². The van der Waals surface area contributed by atoms with Crippen molar-refractivity contribution in [3.05, 3.63) is 17.7 Å². The van der Waals surface area contributed by atoms with Crippen LogP contribution < -0.4 is 0 Å². The highest BCUT2D eigenvalue weighted by Gasteiger charge is 2.34. The molecule has 14 heavy (non-hydrogen) atoms. The zero-order chi connectivity index (χ0) is 10.9. The van der Waals surface area contributed by atoms with Gasteiger partial charge in [-0.15, -0.1) is 0 Å². The minimum Gasteiger partial charge on any atom is -0.383 e. The van der Waals surface area contributed by atoms with Gasteiger partial charge in [0.15, 0.2) is 0 Å². The zero-order valence-electron chi connectivity index (χ0n) is 9.70. The molecule has 1 aromatic heterocycles. The molecule has 1 heterocycles. The molecule has 0 amide bonds. The van der Waals surface area contributed by atoms with Crippen molar-refractivity contribution in [1.29, 1.82) is 0 Å². The van der Waals surface area contributed by atoms with Gasteiger partial charge in [-0.2, -0.15) is 0 Å². The van der Waals surface area contributed by atoms with Crippen LogP contribution >= 0.6 is 0 Å². The van der Waals surface area contributed by atoms with E-state index in [-0.39, 0.29) is 5.92 Å². The van der Waals surface area contributed by atoms with E-state index < -0.39 is 5.60 Å². The van der Waals surface area contributed by atoms with Crippen molar-refractivity contribution in [2.45, 2.75) is 39.7 Å². The fraction of sp³-hybridized carbons (Fsp3) is 0.727. The second kappa shape index (κ2) is 3.73. The maximum Gasteiger partial charge on any atom is 0.108 e. The van der Waals surface area contributed by atoms with E-state index >= 15 is 0 Å². The largest absolute Gasteiger partial charge is 0.383 e. The molecule has 1 rings (SSSR count). The van der Waals surface area contributed by atoms with Gasteiger partial charge in [0.1, 0.15) is 11.4 Å².